The molecule has 0 spiro atoms. The number of rotatable bonds is 4. The first-order valence-corrected chi connectivity index (χ1v) is 6.88. The molecule has 0 aliphatic rings. The van der Waals surface area contributed by atoms with E-state index in [1.54, 1.807) is 25.3 Å². The molecule has 1 N–H and O–H groups in total. The number of benzene rings is 1. The molecule has 2 heterocycles. The van der Waals surface area contributed by atoms with Crippen molar-refractivity contribution in [2.75, 3.05) is 5.32 Å². The van der Waals surface area contributed by atoms with Crippen molar-refractivity contribution in [2.24, 2.45) is 0 Å². The summed E-state index contributed by atoms with van der Waals surface area (Å²) < 4.78 is 5.37. The average molecular weight is 290 g/mol. The molecule has 0 amide bonds. The SMILES string of the molecule is Cc1nc(NCc2ccccc2)c(C#N)c(-c2ccco2)n1. The molecule has 108 valence electrons. The maximum absolute atomic E-state index is 9.47. The van der Waals surface area contributed by atoms with Crippen LogP contribution in [-0.2, 0) is 6.54 Å². The zero-order valence-corrected chi connectivity index (χ0v) is 12.1. The maximum Gasteiger partial charge on any atom is 0.153 e. The van der Waals surface area contributed by atoms with Gasteiger partial charge in [0, 0.05) is 6.54 Å². The van der Waals surface area contributed by atoms with Crippen molar-refractivity contribution in [3.05, 3.63) is 65.7 Å². The highest BCUT2D eigenvalue weighted by Crippen LogP contribution is 2.26. The van der Waals surface area contributed by atoms with E-state index in [1.807, 2.05) is 30.3 Å². The van der Waals surface area contributed by atoms with E-state index in [2.05, 4.69) is 21.4 Å². The van der Waals surface area contributed by atoms with E-state index in [1.165, 1.54) is 0 Å². The molecule has 22 heavy (non-hydrogen) atoms. The van der Waals surface area contributed by atoms with E-state index < -0.39 is 0 Å². The Morgan fingerprint density at radius 2 is 1.95 bits per heavy atom. The van der Waals surface area contributed by atoms with Gasteiger partial charge in [-0.3, -0.25) is 0 Å². The Morgan fingerprint density at radius 1 is 1.14 bits per heavy atom. The minimum atomic E-state index is 0.386. The first-order chi connectivity index (χ1) is 10.8. The Morgan fingerprint density at radius 3 is 2.64 bits per heavy atom. The lowest BCUT2D eigenvalue weighted by Gasteiger charge is -2.10. The number of nitrogens with zero attached hydrogens (tertiary/aromatic N) is 3. The smallest absolute Gasteiger partial charge is 0.153 e. The first-order valence-electron chi connectivity index (χ1n) is 6.88. The number of aromatic nitrogens is 2. The summed E-state index contributed by atoms with van der Waals surface area (Å²) >= 11 is 0. The van der Waals surface area contributed by atoms with Crippen LogP contribution in [0.5, 0.6) is 0 Å². The van der Waals surface area contributed by atoms with Crippen molar-refractivity contribution in [2.45, 2.75) is 13.5 Å². The van der Waals surface area contributed by atoms with Gasteiger partial charge < -0.3 is 9.73 Å². The third-order valence-corrected chi connectivity index (χ3v) is 3.19. The highest BCUT2D eigenvalue weighted by atomic mass is 16.3. The lowest BCUT2D eigenvalue weighted by atomic mass is 10.1. The maximum atomic E-state index is 9.47. The van der Waals surface area contributed by atoms with E-state index in [-0.39, 0.29) is 0 Å². The summed E-state index contributed by atoms with van der Waals surface area (Å²) in [6.07, 6.45) is 1.56. The summed E-state index contributed by atoms with van der Waals surface area (Å²) in [4.78, 5) is 8.68. The van der Waals surface area contributed by atoms with Gasteiger partial charge in [0.05, 0.1) is 6.26 Å². The molecule has 5 heteroatoms. The fourth-order valence-corrected chi connectivity index (χ4v) is 2.18. The lowest BCUT2D eigenvalue weighted by molar-refractivity contribution is 0.579. The number of nitriles is 1. The summed E-state index contributed by atoms with van der Waals surface area (Å²) in [5.74, 6) is 1.66. The Labute approximate surface area is 128 Å². The molecule has 3 rings (SSSR count). The summed E-state index contributed by atoms with van der Waals surface area (Å²) in [6, 6.07) is 15.7. The van der Waals surface area contributed by atoms with Crippen LogP contribution < -0.4 is 5.32 Å². The van der Waals surface area contributed by atoms with Gasteiger partial charge in [-0.05, 0) is 24.6 Å². The topological polar surface area (TPSA) is 74.7 Å². The van der Waals surface area contributed by atoms with Gasteiger partial charge in [-0.2, -0.15) is 5.26 Å². The second kappa shape index (κ2) is 6.10. The molecule has 0 aliphatic heterocycles. The van der Waals surface area contributed by atoms with Crippen LogP contribution in [0.15, 0.2) is 53.1 Å². The molecular formula is C17H14N4O. The minimum absolute atomic E-state index is 0.386. The van der Waals surface area contributed by atoms with E-state index in [9.17, 15) is 5.26 Å². The molecule has 0 saturated carbocycles. The van der Waals surface area contributed by atoms with Crippen molar-refractivity contribution in [3.8, 4) is 17.5 Å². The molecule has 2 aromatic heterocycles. The Balaban J connectivity index is 1.96. The van der Waals surface area contributed by atoms with Crippen LogP contribution in [0.1, 0.15) is 17.0 Å². The van der Waals surface area contributed by atoms with Crippen LogP contribution in [0.25, 0.3) is 11.5 Å². The minimum Gasteiger partial charge on any atom is -0.463 e. The third-order valence-electron chi connectivity index (χ3n) is 3.19. The van der Waals surface area contributed by atoms with Gasteiger partial charge in [0.2, 0.25) is 0 Å². The number of anilines is 1. The quantitative estimate of drug-likeness (QED) is 0.795. The summed E-state index contributed by atoms with van der Waals surface area (Å²) in [7, 11) is 0. The number of hydrogen-bond acceptors (Lipinski definition) is 5. The number of hydrogen-bond donors (Lipinski definition) is 1. The molecule has 0 unspecified atom stereocenters. The van der Waals surface area contributed by atoms with Crippen molar-refractivity contribution in [1.82, 2.24) is 9.97 Å². The fourth-order valence-electron chi connectivity index (χ4n) is 2.18. The van der Waals surface area contributed by atoms with E-state index in [0.29, 0.717) is 35.2 Å². The predicted octanol–water partition coefficient (Wildman–Crippen LogP) is 3.53. The average Bonchev–Trinajstić information content (AvgIpc) is 3.07. The fraction of sp³-hybridized carbons (Fsp3) is 0.118. The van der Waals surface area contributed by atoms with E-state index >= 15 is 0 Å². The van der Waals surface area contributed by atoms with Crippen LogP contribution in [0.2, 0.25) is 0 Å². The van der Waals surface area contributed by atoms with Gasteiger partial charge in [0.15, 0.2) is 5.76 Å². The van der Waals surface area contributed by atoms with Crippen molar-refractivity contribution in [1.29, 1.82) is 5.26 Å². The first kappa shape index (κ1) is 13.8. The van der Waals surface area contributed by atoms with Crippen LogP contribution >= 0.6 is 0 Å². The molecule has 0 radical (unpaired) electrons. The van der Waals surface area contributed by atoms with Gasteiger partial charge in [-0.25, -0.2) is 9.97 Å². The second-order valence-electron chi connectivity index (χ2n) is 4.77. The zero-order valence-electron chi connectivity index (χ0n) is 12.1. The molecule has 0 saturated heterocycles. The summed E-state index contributed by atoms with van der Waals surface area (Å²) in [5.41, 5.74) is 2.01. The normalized spacial score (nSPS) is 10.2. The Bertz CT molecular complexity index is 805. The molecule has 1 aromatic carbocycles. The highest BCUT2D eigenvalue weighted by Gasteiger charge is 2.16. The van der Waals surface area contributed by atoms with Gasteiger partial charge in [0.25, 0.3) is 0 Å². The highest BCUT2D eigenvalue weighted by molar-refractivity contribution is 5.69. The third kappa shape index (κ3) is 2.81. The Hall–Kier alpha value is -3.13. The van der Waals surface area contributed by atoms with Crippen molar-refractivity contribution >= 4 is 5.82 Å². The molecule has 0 atom stereocenters. The Kier molecular flexibility index (Phi) is 3.84. The van der Waals surface area contributed by atoms with Gasteiger partial charge in [0.1, 0.15) is 29.0 Å². The molecule has 0 bridgehead atoms. The monoisotopic (exact) mass is 290 g/mol. The predicted molar refractivity (Wildman–Crippen MR) is 83.0 cm³/mol. The zero-order chi connectivity index (χ0) is 15.4. The molecule has 0 aliphatic carbocycles. The van der Waals surface area contributed by atoms with Crippen molar-refractivity contribution < 1.29 is 4.42 Å². The van der Waals surface area contributed by atoms with Crippen LogP contribution in [0.3, 0.4) is 0 Å². The summed E-state index contributed by atoms with van der Waals surface area (Å²) in [5, 5.41) is 12.7. The van der Waals surface area contributed by atoms with Crippen LogP contribution in [0.4, 0.5) is 5.82 Å². The number of furan rings is 1. The molecular weight excluding hydrogens is 276 g/mol. The summed E-state index contributed by atoms with van der Waals surface area (Å²) in [6.45, 7) is 2.38. The molecule has 5 nitrogen and oxygen atoms in total. The van der Waals surface area contributed by atoms with Crippen LogP contribution in [0, 0.1) is 18.3 Å². The van der Waals surface area contributed by atoms with E-state index in [0.717, 1.165) is 5.56 Å². The molecule has 3 aromatic rings. The largest absolute Gasteiger partial charge is 0.463 e. The second-order valence-corrected chi connectivity index (χ2v) is 4.77. The standard InChI is InChI=1S/C17H14N4O/c1-12-20-16(15-8-5-9-22-15)14(10-18)17(21-12)19-11-13-6-3-2-4-7-13/h2-9H,11H2,1H3,(H,19,20,21). The van der Waals surface area contributed by atoms with Gasteiger partial charge in [-0.1, -0.05) is 30.3 Å². The van der Waals surface area contributed by atoms with Crippen LogP contribution in [-0.4, -0.2) is 9.97 Å². The number of nitrogens with one attached hydrogen (secondary N) is 1. The van der Waals surface area contributed by atoms with Gasteiger partial charge in [-0.15, -0.1) is 0 Å². The van der Waals surface area contributed by atoms with E-state index in [4.69, 9.17) is 4.42 Å². The molecule has 0 fully saturated rings. The lowest BCUT2D eigenvalue weighted by Crippen LogP contribution is -2.07. The number of aryl methyl sites for hydroxylation is 1. The van der Waals surface area contributed by atoms with Gasteiger partial charge >= 0.3 is 0 Å². The van der Waals surface area contributed by atoms with Crippen molar-refractivity contribution in [3.63, 3.8) is 0 Å².